The molecule has 1 N–H and O–H groups in total. The van der Waals surface area contributed by atoms with Crippen LogP contribution in [0.2, 0.25) is 0 Å². The molecule has 1 aromatic heterocycles. The largest absolute Gasteiger partial charge is 0.356 e. The third kappa shape index (κ3) is 5.20. The highest BCUT2D eigenvalue weighted by atomic mass is 16.2. The van der Waals surface area contributed by atoms with Gasteiger partial charge in [-0.15, -0.1) is 0 Å². The Kier molecular flexibility index (Phi) is 6.78. The summed E-state index contributed by atoms with van der Waals surface area (Å²) in [6, 6.07) is 23.2. The molecule has 4 nitrogen and oxygen atoms in total. The molecule has 1 unspecified atom stereocenters. The van der Waals surface area contributed by atoms with E-state index in [2.05, 4.69) is 75.9 Å². The van der Waals surface area contributed by atoms with Crippen LogP contribution in [0.1, 0.15) is 24.5 Å². The van der Waals surface area contributed by atoms with Crippen molar-refractivity contribution in [3.63, 3.8) is 0 Å². The van der Waals surface area contributed by atoms with Crippen LogP contribution < -0.4 is 5.32 Å². The SMILES string of the molecule is CCNC(=O)C1(Cc2cccc(-c3cccnc3)c2)CCN(CCc2ccccc2)C1. The summed E-state index contributed by atoms with van der Waals surface area (Å²) in [6.45, 7) is 5.42. The number of pyridine rings is 1. The lowest BCUT2D eigenvalue weighted by Gasteiger charge is -2.28. The zero-order valence-corrected chi connectivity index (χ0v) is 18.3. The number of aromatic nitrogens is 1. The molecular formula is C27H31N3O. The van der Waals surface area contributed by atoms with Crippen molar-refractivity contribution in [3.05, 3.63) is 90.3 Å². The lowest BCUT2D eigenvalue weighted by Crippen LogP contribution is -2.44. The van der Waals surface area contributed by atoms with Gasteiger partial charge in [0.2, 0.25) is 5.91 Å². The summed E-state index contributed by atoms with van der Waals surface area (Å²) in [4.78, 5) is 19.9. The normalized spacial score (nSPS) is 18.7. The molecule has 160 valence electrons. The smallest absolute Gasteiger partial charge is 0.227 e. The Labute approximate surface area is 185 Å². The lowest BCUT2D eigenvalue weighted by molar-refractivity contribution is -0.130. The van der Waals surface area contributed by atoms with Crippen LogP contribution in [0.4, 0.5) is 0 Å². The molecule has 1 saturated heterocycles. The number of nitrogens with zero attached hydrogens (tertiary/aromatic N) is 2. The van der Waals surface area contributed by atoms with E-state index in [-0.39, 0.29) is 11.3 Å². The van der Waals surface area contributed by atoms with Gasteiger partial charge < -0.3 is 10.2 Å². The number of benzene rings is 2. The third-order valence-corrected chi connectivity index (χ3v) is 6.28. The molecule has 0 aliphatic carbocycles. The summed E-state index contributed by atoms with van der Waals surface area (Å²) >= 11 is 0. The Morgan fingerprint density at radius 3 is 2.61 bits per heavy atom. The first-order valence-electron chi connectivity index (χ1n) is 11.2. The first-order valence-corrected chi connectivity index (χ1v) is 11.2. The van der Waals surface area contributed by atoms with Crippen LogP contribution in [-0.4, -0.2) is 42.0 Å². The number of likely N-dealkylation sites (tertiary alicyclic amines) is 1. The number of rotatable bonds is 8. The molecule has 1 aliphatic heterocycles. The first kappa shape index (κ1) is 21.3. The topological polar surface area (TPSA) is 45.2 Å². The van der Waals surface area contributed by atoms with Gasteiger partial charge in [-0.25, -0.2) is 0 Å². The minimum atomic E-state index is -0.375. The fraction of sp³-hybridized carbons (Fsp3) is 0.333. The van der Waals surface area contributed by atoms with Crippen LogP contribution in [0, 0.1) is 5.41 Å². The second-order valence-corrected chi connectivity index (χ2v) is 8.52. The van der Waals surface area contributed by atoms with E-state index >= 15 is 0 Å². The van der Waals surface area contributed by atoms with Gasteiger partial charge in [0.1, 0.15) is 0 Å². The minimum Gasteiger partial charge on any atom is -0.356 e. The predicted molar refractivity (Wildman–Crippen MR) is 126 cm³/mol. The number of amides is 1. The highest BCUT2D eigenvalue weighted by Gasteiger charge is 2.44. The van der Waals surface area contributed by atoms with Crippen LogP contribution in [0.3, 0.4) is 0 Å². The summed E-state index contributed by atoms with van der Waals surface area (Å²) in [6.07, 6.45) is 6.35. The van der Waals surface area contributed by atoms with E-state index in [9.17, 15) is 4.79 Å². The van der Waals surface area contributed by atoms with E-state index in [1.807, 2.05) is 19.2 Å². The molecule has 3 aromatic rings. The average molecular weight is 414 g/mol. The molecule has 4 rings (SSSR count). The van der Waals surface area contributed by atoms with Gasteiger partial charge in [0.15, 0.2) is 0 Å². The van der Waals surface area contributed by atoms with Gasteiger partial charge in [-0.2, -0.15) is 0 Å². The monoisotopic (exact) mass is 413 g/mol. The van der Waals surface area contributed by atoms with Crippen molar-refractivity contribution in [3.8, 4) is 11.1 Å². The molecule has 2 aromatic carbocycles. The molecule has 1 amide bonds. The Balaban J connectivity index is 1.50. The van der Waals surface area contributed by atoms with E-state index in [1.165, 1.54) is 11.1 Å². The fourth-order valence-electron chi connectivity index (χ4n) is 4.62. The Hall–Kier alpha value is -2.98. The average Bonchev–Trinajstić information content (AvgIpc) is 3.23. The molecule has 1 fully saturated rings. The summed E-state index contributed by atoms with van der Waals surface area (Å²) in [7, 11) is 0. The van der Waals surface area contributed by atoms with Crippen LogP contribution in [0.5, 0.6) is 0 Å². The van der Waals surface area contributed by atoms with Crippen molar-refractivity contribution in [1.82, 2.24) is 15.2 Å². The summed E-state index contributed by atoms with van der Waals surface area (Å²) in [5.74, 6) is 0.184. The maximum Gasteiger partial charge on any atom is 0.227 e. The number of carbonyl (C=O) groups excluding carboxylic acids is 1. The van der Waals surface area contributed by atoms with Gasteiger partial charge in [-0.05, 0) is 61.1 Å². The second kappa shape index (κ2) is 9.88. The summed E-state index contributed by atoms with van der Waals surface area (Å²) < 4.78 is 0. The highest BCUT2D eigenvalue weighted by molar-refractivity contribution is 5.83. The quantitative estimate of drug-likeness (QED) is 0.597. The number of hydrogen-bond donors (Lipinski definition) is 1. The van der Waals surface area contributed by atoms with Gasteiger partial charge >= 0.3 is 0 Å². The van der Waals surface area contributed by atoms with Crippen molar-refractivity contribution in [2.24, 2.45) is 5.41 Å². The lowest BCUT2D eigenvalue weighted by atomic mass is 9.79. The maximum atomic E-state index is 13.2. The maximum absolute atomic E-state index is 13.2. The van der Waals surface area contributed by atoms with Crippen molar-refractivity contribution in [2.45, 2.75) is 26.2 Å². The third-order valence-electron chi connectivity index (χ3n) is 6.28. The molecule has 2 heterocycles. The van der Waals surface area contributed by atoms with Crippen LogP contribution in [0.25, 0.3) is 11.1 Å². The highest BCUT2D eigenvalue weighted by Crippen LogP contribution is 2.35. The molecule has 0 radical (unpaired) electrons. The van der Waals surface area contributed by atoms with Crippen LogP contribution >= 0.6 is 0 Å². The minimum absolute atomic E-state index is 0.184. The number of nitrogens with one attached hydrogen (secondary N) is 1. The molecule has 0 bridgehead atoms. The summed E-state index contributed by atoms with van der Waals surface area (Å²) in [5.41, 5.74) is 4.43. The second-order valence-electron chi connectivity index (χ2n) is 8.52. The zero-order chi connectivity index (χ0) is 21.5. The molecule has 1 aliphatic rings. The number of carbonyl (C=O) groups is 1. The van der Waals surface area contributed by atoms with E-state index in [0.29, 0.717) is 6.54 Å². The van der Waals surface area contributed by atoms with Crippen LogP contribution in [-0.2, 0) is 17.6 Å². The Morgan fingerprint density at radius 2 is 1.84 bits per heavy atom. The first-order chi connectivity index (χ1) is 15.2. The van der Waals surface area contributed by atoms with Crippen LogP contribution in [0.15, 0.2) is 79.1 Å². The Bertz CT molecular complexity index is 990. The molecular weight excluding hydrogens is 382 g/mol. The predicted octanol–water partition coefficient (Wildman–Crippen LogP) is 4.36. The molecule has 0 spiro atoms. The molecule has 0 saturated carbocycles. The van der Waals surface area contributed by atoms with Crippen molar-refractivity contribution < 1.29 is 4.79 Å². The summed E-state index contributed by atoms with van der Waals surface area (Å²) in [5, 5.41) is 3.11. The van der Waals surface area contributed by atoms with Gasteiger partial charge in [0, 0.05) is 32.0 Å². The number of hydrogen-bond acceptors (Lipinski definition) is 3. The van der Waals surface area contributed by atoms with Crippen molar-refractivity contribution in [1.29, 1.82) is 0 Å². The molecule has 31 heavy (non-hydrogen) atoms. The van der Waals surface area contributed by atoms with Gasteiger partial charge in [-0.1, -0.05) is 60.7 Å². The Morgan fingerprint density at radius 1 is 1.03 bits per heavy atom. The standard InChI is InChI=1S/C27H31N3O/c1-2-29-26(31)27(14-17-30(21-27)16-13-22-8-4-3-5-9-22)19-23-10-6-11-24(18-23)25-12-7-15-28-20-25/h3-12,15,18,20H,2,13-14,16-17,19,21H2,1H3,(H,29,31). The van der Waals surface area contributed by atoms with Gasteiger partial charge in [0.05, 0.1) is 5.41 Å². The van der Waals surface area contributed by atoms with Crippen molar-refractivity contribution >= 4 is 5.91 Å². The zero-order valence-electron chi connectivity index (χ0n) is 18.3. The van der Waals surface area contributed by atoms with Crippen molar-refractivity contribution in [2.75, 3.05) is 26.2 Å². The van der Waals surface area contributed by atoms with E-state index in [1.54, 1.807) is 6.20 Å². The molecule has 4 heteroatoms. The van der Waals surface area contributed by atoms with E-state index < -0.39 is 0 Å². The molecule has 1 atom stereocenters. The fourth-order valence-corrected chi connectivity index (χ4v) is 4.62. The van der Waals surface area contributed by atoms with Gasteiger partial charge in [-0.3, -0.25) is 9.78 Å². The van der Waals surface area contributed by atoms with Gasteiger partial charge in [0.25, 0.3) is 0 Å². The van der Waals surface area contributed by atoms with E-state index in [4.69, 9.17) is 0 Å². The van der Waals surface area contributed by atoms with E-state index in [0.717, 1.165) is 50.0 Å².